The molecule has 0 amide bonds. The summed E-state index contributed by atoms with van der Waals surface area (Å²) in [5.41, 5.74) is 7.07. The van der Waals surface area contributed by atoms with Crippen molar-refractivity contribution >= 4 is 0 Å². The molecule has 0 spiro atoms. The summed E-state index contributed by atoms with van der Waals surface area (Å²) < 4.78 is 13.0. The third kappa shape index (κ3) is 2.37. The van der Waals surface area contributed by atoms with Crippen molar-refractivity contribution in [2.45, 2.75) is 26.2 Å². The predicted octanol–water partition coefficient (Wildman–Crippen LogP) is 2.74. The molecule has 1 aliphatic carbocycles. The predicted molar refractivity (Wildman–Crippen MR) is 60.0 cm³/mol. The molecular weight excluding hydrogens is 189 g/mol. The molecule has 15 heavy (non-hydrogen) atoms. The van der Waals surface area contributed by atoms with E-state index < -0.39 is 0 Å². The first kappa shape index (κ1) is 10.6. The fourth-order valence-electron chi connectivity index (χ4n) is 2.28. The second-order valence-electron chi connectivity index (χ2n) is 4.94. The van der Waals surface area contributed by atoms with Crippen LogP contribution in [0.4, 0.5) is 4.39 Å². The highest BCUT2D eigenvalue weighted by molar-refractivity contribution is 5.18. The lowest BCUT2D eigenvalue weighted by Gasteiger charge is -2.28. The molecule has 1 aromatic carbocycles. The zero-order valence-corrected chi connectivity index (χ0v) is 9.17. The number of hydrogen-bond acceptors (Lipinski definition) is 1. The van der Waals surface area contributed by atoms with E-state index in [0.717, 1.165) is 17.9 Å². The Kier molecular flexibility index (Phi) is 2.79. The zero-order valence-electron chi connectivity index (χ0n) is 9.17. The van der Waals surface area contributed by atoms with Gasteiger partial charge >= 0.3 is 0 Å². The highest BCUT2D eigenvalue weighted by Gasteiger charge is 2.40. The SMILES string of the molecule is CC(CN)(Cc1cccc(F)c1)C1CC1. The molecule has 1 atom stereocenters. The van der Waals surface area contributed by atoms with Crippen LogP contribution in [0, 0.1) is 17.2 Å². The maximum absolute atomic E-state index is 13.0. The van der Waals surface area contributed by atoms with Gasteiger partial charge in [-0.3, -0.25) is 0 Å². The van der Waals surface area contributed by atoms with Crippen LogP contribution in [0.2, 0.25) is 0 Å². The fourth-order valence-corrected chi connectivity index (χ4v) is 2.28. The van der Waals surface area contributed by atoms with E-state index in [1.165, 1.54) is 18.9 Å². The number of rotatable bonds is 4. The van der Waals surface area contributed by atoms with Gasteiger partial charge in [0, 0.05) is 0 Å². The average molecular weight is 207 g/mol. The van der Waals surface area contributed by atoms with E-state index in [2.05, 4.69) is 6.92 Å². The van der Waals surface area contributed by atoms with Crippen molar-refractivity contribution in [2.24, 2.45) is 17.1 Å². The van der Waals surface area contributed by atoms with Crippen LogP contribution >= 0.6 is 0 Å². The fraction of sp³-hybridized carbons (Fsp3) is 0.538. The minimum absolute atomic E-state index is 0.150. The summed E-state index contributed by atoms with van der Waals surface area (Å²) in [4.78, 5) is 0. The molecule has 2 heteroatoms. The Morgan fingerprint density at radius 2 is 2.20 bits per heavy atom. The molecule has 2 N–H and O–H groups in total. The first-order chi connectivity index (χ1) is 7.14. The van der Waals surface area contributed by atoms with Gasteiger partial charge < -0.3 is 5.73 Å². The number of nitrogens with two attached hydrogens (primary N) is 1. The number of hydrogen-bond donors (Lipinski definition) is 1. The Morgan fingerprint density at radius 3 is 2.73 bits per heavy atom. The molecule has 0 heterocycles. The Hall–Kier alpha value is -0.890. The van der Waals surface area contributed by atoms with Crippen LogP contribution in [0.3, 0.4) is 0 Å². The Balaban J connectivity index is 2.12. The van der Waals surface area contributed by atoms with Gasteiger partial charge in [0.25, 0.3) is 0 Å². The number of benzene rings is 1. The minimum Gasteiger partial charge on any atom is -0.330 e. The van der Waals surface area contributed by atoms with Gasteiger partial charge in [-0.25, -0.2) is 4.39 Å². The average Bonchev–Trinajstić information content (AvgIpc) is 3.01. The summed E-state index contributed by atoms with van der Waals surface area (Å²) in [6.07, 6.45) is 3.46. The Labute approximate surface area is 90.5 Å². The minimum atomic E-state index is -0.150. The second kappa shape index (κ2) is 3.93. The first-order valence-electron chi connectivity index (χ1n) is 5.58. The van der Waals surface area contributed by atoms with Crippen molar-refractivity contribution in [3.05, 3.63) is 35.6 Å². The summed E-state index contributed by atoms with van der Waals surface area (Å²) in [6, 6.07) is 6.87. The van der Waals surface area contributed by atoms with Crippen molar-refractivity contribution in [1.29, 1.82) is 0 Å². The summed E-state index contributed by atoms with van der Waals surface area (Å²) in [5, 5.41) is 0. The van der Waals surface area contributed by atoms with E-state index in [-0.39, 0.29) is 11.2 Å². The van der Waals surface area contributed by atoms with Crippen LogP contribution in [-0.2, 0) is 6.42 Å². The first-order valence-corrected chi connectivity index (χ1v) is 5.58. The molecule has 0 bridgehead atoms. The van der Waals surface area contributed by atoms with Gasteiger partial charge in [-0.15, -0.1) is 0 Å². The quantitative estimate of drug-likeness (QED) is 0.807. The van der Waals surface area contributed by atoms with Crippen LogP contribution in [0.5, 0.6) is 0 Å². The maximum Gasteiger partial charge on any atom is 0.123 e. The highest BCUT2D eigenvalue weighted by atomic mass is 19.1. The van der Waals surface area contributed by atoms with Crippen LogP contribution < -0.4 is 5.73 Å². The van der Waals surface area contributed by atoms with Gasteiger partial charge in [-0.05, 0) is 54.8 Å². The van der Waals surface area contributed by atoms with E-state index in [0.29, 0.717) is 6.54 Å². The molecule has 1 aromatic rings. The smallest absolute Gasteiger partial charge is 0.123 e. The van der Waals surface area contributed by atoms with Crippen molar-refractivity contribution < 1.29 is 4.39 Å². The molecule has 1 unspecified atom stereocenters. The Morgan fingerprint density at radius 1 is 1.47 bits per heavy atom. The normalized spacial score (nSPS) is 19.9. The molecular formula is C13H18FN. The van der Waals surface area contributed by atoms with Gasteiger partial charge in [-0.2, -0.15) is 0 Å². The summed E-state index contributed by atoms with van der Waals surface area (Å²) in [6.45, 7) is 2.91. The van der Waals surface area contributed by atoms with Gasteiger partial charge in [0.05, 0.1) is 0 Å². The third-order valence-electron chi connectivity index (χ3n) is 3.53. The molecule has 0 aromatic heterocycles. The van der Waals surface area contributed by atoms with Crippen LogP contribution in [-0.4, -0.2) is 6.54 Å². The molecule has 82 valence electrons. The van der Waals surface area contributed by atoms with Crippen LogP contribution in [0.15, 0.2) is 24.3 Å². The van der Waals surface area contributed by atoms with Crippen molar-refractivity contribution in [1.82, 2.24) is 0 Å². The van der Waals surface area contributed by atoms with E-state index >= 15 is 0 Å². The highest BCUT2D eigenvalue weighted by Crippen LogP contribution is 2.46. The lowest BCUT2D eigenvalue weighted by Crippen LogP contribution is -2.31. The summed E-state index contributed by atoms with van der Waals surface area (Å²) in [7, 11) is 0. The second-order valence-corrected chi connectivity index (χ2v) is 4.94. The number of halogens is 1. The monoisotopic (exact) mass is 207 g/mol. The summed E-state index contributed by atoms with van der Waals surface area (Å²) in [5.74, 6) is 0.591. The topological polar surface area (TPSA) is 26.0 Å². The van der Waals surface area contributed by atoms with Gasteiger partial charge in [0.2, 0.25) is 0 Å². The Bertz CT molecular complexity index is 346. The summed E-state index contributed by atoms with van der Waals surface area (Å²) >= 11 is 0. The maximum atomic E-state index is 13.0. The van der Waals surface area contributed by atoms with E-state index in [1.807, 2.05) is 6.07 Å². The molecule has 0 saturated heterocycles. The molecule has 0 aliphatic heterocycles. The van der Waals surface area contributed by atoms with E-state index in [1.54, 1.807) is 12.1 Å². The molecule has 2 rings (SSSR count). The van der Waals surface area contributed by atoms with Crippen molar-refractivity contribution in [2.75, 3.05) is 6.54 Å². The zero-order chi connectivity index (χ0) is 10.9. The van der Waals surface area contributed by atoms with Crippen LogP contribution in [0.1, 0.15) is 25.3 Å². The molecule has 1 aliphatic rings. The van der Waals surface area contributed by atoms with Crippen molar-refractivity contribution in [3.8, 4) is 0 Å². The van der Waals surface area contributed by atoms with E-state index in [9.17, 15) is 4.39 Å². The van der Waals surface area contributed by atoms with Gasteiger partial charge in [-0.1, -0.05) is 19.1 Å². The van der Waals surface area contributed by atoms with Crippen molar-refractivity contribution in [3.63, 3.8) is 0 Å². The molecule has 1 saturated carbocycles. The van der Waals surface area contributed by atoms with Gasteiger partial charge in [0.1, 0.15) is 5.82 Å². The molecule has 1 fully saturated rings. The standard InChI is InChI=1S/C13H18FN/c1-13(9-15,11-5-6-11)8-10-3-2-4-12(14)7-10/h2-4,7,11H,5-6,8-9,15H2,1H3. The van der Waals surface area contributed by atoms with Crippen LogP contribution in [0.25, 0.3) is 0 Å². The third-order valence-corrected chi connectivity index (χ3v) is 3.53. The molecule has 1 nitrogen and oxygen atoms in total. The van der Waals surface area contributed by atoms with E-state index in [4.69, 9.17) is 5.73 Å². The lowest BCUT2D eigenvalue weighted by atomic mass is 9.79. The lowest BCUT2D eigenvalue weighted by molar-refractivity contribution is 0.281. The van der Waals surface area contributed by atoms with Gasteiger partial charge in [0.15, 0.2) is 0 Å². The largest absolute Gasteiger partial charge is 0.330 e. The molecule has 0 radical (unpaired) electrons.